The van der Waals surface area contributed by atoms with Crippen molar-refractivity contribution < 1.29 is 4.74 Å². The average molecular weight is 478 g/mol. The molecule has 1 atom stereocenters. The number of aliphatic imine (C=N–C) groups is 1. The summed E-state index contributed by atoms with van der Waals surface area (Å²) < 4.78 is 7.79. The van der Waals surface area contributed by atoms with Crippen molar-refractivity contribution in [2.24, 2.45) is 4.99 Å². The molecule has 6 rings (SSSR count). The van der Waals surface area contributed by atoms with Crippen LogP contribution in [-0.4, -0.2) is 84.3 Å². The van der Waals surface area contributed by atoms with E-state index in [-0.39, 0.29) is 6.17 Å². The number of imidazole rings is 1. The van der Waals surface area contributed by atoms with Crippen LogP contribution in [0.2, 0.25) is 0 Å². The van der Waals surface area contributed by atoms with Gasteiger partial charge in [-0.15, -0.1) is 11.8 Å². The molecule has 0 bridgehead atoms. The van der Waals surface area contributed by atoms with Crippen LogP contribution < -0.4 is 10.2 Å². The van der Waals surface area contributed by atoms with E-state index in [2.05, 4.69) is 79.4 Å². The molecule has 3 aliphatic heterocycles. The van der Waals surface area contributed by atoms with Crippen LogP contribution in [0.1, 0.15) is 18.2 Å². The van der Waals surface area contributed by atoms with Crippen molar-refractivity contribution in [3.05, 3.63) is 54.1 Å². The fraction of sp³-hybridized carbons (Fsp3) is 0.440. The molecule has 3 aliphatic rings. The van der Waals surface area contributed by atoms with Gasteiger partial charge in [0.15, 0.2) is 0 Å². The zero-order valence-electron chi connectivity index (χ0n) is 19.6. The molecule has 178 valence electrons. The molecule has 1 fully saturated rings. The van der Waals surface area contributed by atoms with Crippen LogP contribution in [0.15, 0.2) is 58.4 Å². The highest BCUT2D eigenvalue weighted by atomic mass is 32.2. The van der Waals surface area contributed by atoms with Crippen molar-refractivity contribution in [3.63, 3.8) is 0 Å². The van der Waals surface area contributed by atoms with Crippen molar-refractivity contribution in [2.45, 2.75) is 17.5 Å². The fourth-order valence-electron chi connectivity index (χ4n) is 5.01. The Morgan fingerprint density at radius 2 is 1.82 bits per heavy atom. The number of morpholine rings is 1. The van der Waals surface area contributed by atoms with Crippen molar-refractivity contribution >= 4 is 34.7 Å². The number of benzene rings is 2. The first kappa shape index (κ1) is 21.9. The summed E-state index contributed by atoms with van der Waals surface area (Å²) in [6.07, 6.45) is 3.20. The molecule has 2 aromatic carbocycles. The summed E-state index contributed by atoms with van der Waals surface area (Å²) in [6.45, 7) is 7.42. The van der Waals surface area contributed by atoms with Crippen LogP contribution in [0, 0.1) is 0 Å². The summed E-state index contributed by atoms with van der Waals surface area (Å²) in [5.41, 5.74) is 3.35. The van der Waals surface area contributed by atoms with Gasteiger partial charge in [0.05, 0.1) is 37.6 Å². The highest BCUT2D eigenvalue weighted by molar-refractivity contribution is 7.98. The lowest BCUT2D eigenvalue weighted by atomic mass is 10.1. The highest BCUT2D eigenvalue weighted by Gasteiger charge is 2.35. The van der Waals surface area contributed by atoms with E-state index in [1.54, 1.807) is 11.8 Å². The Labute approximate surface area is 204 Å². The van der Waals surface area contributed by atoms with Gasteiger partial charge < -0.3 is 10.1 Å². The van der Waals surface area contributed by atoms with Gasteiger partial charge in [-0.3, -0.25) is 19.3 Å². The molecular weight excluding hydrogens is 446 g/mol. The Bertz CT molecular complexity index is 1170. The minimum Gasteiger partial charge on any atom is -0.379 e. The van der Waals surface area contributed by atoms with Gasteiger partial charge in [0.2, 0.25) is 11.9 Å². The number of thioether (sulfide) groups is 1. The third-order valence-corrected chi connectivity index (χ3v) is 7.59. The first-order chi connectivity index (χ1) is 16.8. The van der Waals surface area contributed by atoms with Crippen LogP contribution in [0.5, 0.6) is 0 Å². The molecule has 3 aromatic rings. The normalized spacial score (nSPS) is 21.1. The first-order valence-electron chi connectivity index (χ1n) is 12.0. The number of anilines is 1. The summed E-state index contributed by atoms with van der Waals surface area (Å²) in [4.78, 5) is 18.4. The number of nitrogens with zero attached hydrogens (tertiary/aromatic N) is 6. The standard InChI is InChI=1S/C25H31N7OS/c1-34-20-9-7-19(8-10-20)23-28-24-26-17-30(12-4-11-29-13-15-33-16-14-29)18-31(24)25-27-21-5-2-3-6-22(21)32(23)25/h2-3,5-10,23H,4,11-18H2,1H3,(H,26,28)/t23-/m1/s1. The van der Waals surface area contributed by atoms with Crippen LogP contribution in [0.3, 0.4) is 0 Å². The average Bonchev–Trinajstić information content (AvgIpc) is 3.29. The van der Waals surface area contributed by atoms with E-state index in [1.165, 1.54) is 10.5 Å². The Hall–Kier alpha value is -2.59. The Balaban J connectivity index is 1.26. The monoisotopic (exact) mass is 477 g/mol. The second kappa shape index (κ2) is 9.58. The summed E-state index contributed by atoms with van der Waals surface area (Å²) in [6, 6.07) is 17.2. The molecule has 8 nitrogen and oxygen atoms in total. The van der Waals surface area contributed by atoms with Crippen LogP contribution in [-0.2, 0) is 4.74 Å². The summed E-state index contributed by atoms with van der Waals surface area (Å²) >= 11 is 1.76. The molecule has 0 radical (unpaired) electrons. The molecule has 1 N–H and O–H groups in total. The smallest absolute Gasteiger partial charge is 0.216 e. The molecule has 1 saturated heterocycles. The largest absolute Gasteiger partial charge is 0.379 e. The molecule has 0 aliphatic carbocycles. The Morgan fingerprint density at radius 1 is 1.03 bits per heavy atom. The van der Waals surface area contributed by atoms with Crippen molar-refractivity contribution in [1.29, 1.82) is 0 Å². The SMILES string of the molecule is CSc1ccc([C@@H]2NC3=NCN(CCCN4CCOCC4)CN3c3nc4ccccc4n32)cc1. The Kier molecular flexibility index (Phi) is 6.17. The quantitative estimate of drug-likeness (QED) is 0.548. The Morgan fingerprint density at radius 3 is 2.65 bits per heavy atom. The van der Waals surface area contributed by atoms with Gasteiger partial charge in [0.1, 0.15) is 6.17 Å². The molecule has 1 aromatic heterocycles. The number of nitrogens with one attached hydrogen (secondary N) is 1. The van der Waals surface area contributed by atoms with Crippen LogP contribution in [0.25, 0.3) is 11.0 Å². The number of rotatable bonds is 6. The van der Waals surface area contributed by atoms with E-state index >= 15 is 0 Å². The number of ether oxygens (including phenoxy) is 1. The van der Waals surface area contributed by atoms with Crippen molar-refractivity contribution in [2.75, 3.05) is 63.9 Å². The molecule has 4 heterocycles. The maximum atomic E-state index is 5.47. The van der Waals surface area contributed by atoms with E-state index in [0.29, 0.717) is 6.67 Å². The number of hydrogen-bond donors (Lipinski definition) is 1. The van der Waals surface area contributed by atoms with Gasteiger partial charge in [0.25, 0.3) is 0 Å². The number of para-hydroxylation sites is 2. The molecular formula is C25H31N7OS. The number of fused-ring (bicyclic) bond motifs is 5. The molecule has 0 amide bonds. The van der Waals surface area contributed by atoms with Crippen molar-refractivity contribution in [3.8, 4) is 0 Å². The maximum absolute atomic E-state index is 5.47. The van der Waals surface area contributed by atoms with Gasteiger partial charge in [-0.25, -0.2) is 9.98 Å². The summed E-state index contributed by atoms with van der Waals surface area (Å²) in [5, 5.41) is 3.72. The predicted molar refractivity (Wildman–Crippen MR) is 137 cm³/mol. The van der Waals surface area contributed by atoms with Crippen LogP contribution >= 0.6 is 11.8 Å². The van der Waals surface area contributed by atoms with Crippen LogP contribution in [0.4, 0.5) is 5.95 Å². The van der Waals surface area contributed by atoms with E-state index in [9.17, 15) is 0 Å². The maximum Gasteiger partial charge on any atom is 0.216 e. The first-order valence-corrected chi connectivity index (χ1v) is 13.2. The summed E-state index contributed by atoms with van der Waals surface area (Å²) in [5.74, 6) is 1.86. The van der Waals surface area contributed by atoms with E-state index in [4.69, 9.17) is 14.7 Å². The molecule has 0 saturated carbocycles. The summed E-state index contributed by atoms with van der Waals surface area (Å²) in [7, 11) is 0. The molecule has 0 unspecified atom stereocenters. The van der Waals surface area contributed by atoms with Gasteiger partial charge in [-0.05, 0) is 49.1 Å². The van der Waals surface area contributed by atoms with Gasteiger partial charge in [0, 0.05) is 24.5 Å². The lowest BCUT2D eigenvalue weighted by molar-refractivity contribution is 0.0361. The number of guanidine groups is 1. The van der Waals surface area contributed by atoms with Crippen molar-refractivity contribution in [1.82, 2.24) is 24.7 Å². The topological polar surface area (TPSA) is 61.2 Å². The van der Waals surface area contributed by atoms with Gasteiger partial charge in [-0.2, -0.15) is 0 Å². The molecule has 9 heteroatoms. The molecule has 0 spiro atoms. The highest BCUT2D eigenvalue weighted by Crippen LogP contribution is 2.34. The van der Waals surface area contributed by atoms with Gasteiger partial charge >= 0.3 is 0 Å². The fourth-order valence-corrected chi connectivity index (χ4v) is 5.42. The predicted octanol–water partition coefficient (Wildman–Crippen LogP) is 3.02. The van der Waals surface area contributed by atoms with E-state index in [0.717, 1.165) is 75.4 Å². The third-order valence-electron chi connectivity index (χ3n) is 6.84. The second-order valence-corrected chi connectivity index (χ2v) is 9.86. The van der Waals surface area contributed by atoms with Gasteiger partial charge in [-0.1, -0.05) is 24.3 Å². The zero-order chi connectivity index (χ0) is 22.9. The number of hydrogen-bond acceptors (Lipinski definition) is 8. The minimum absolute atomic E-state index is 0.0406. The third kappa shape index (κ3) is 4.17. The number of aromatic nitrogens is 2. The van der Waals surface area contributed by atoms with E-state index in [1.807, 2.05) is 0 Å². The lowest BCUT2D eigenvalue weighted by Gasteiger charge is -2.42. The second-order valence-electron chi connectivity index (χ2n) is 8.99. The minimum atomic E-state index is -0.0406. The lowest BCUT2D eigenvalue weighted by Crippen LogP contribution is -2.57. The molecule has 34 heavy (non-hydrogen) atoms. The zero-order valence-corrected chi connectivity index (χ0v) is 20.4. The van der Waals surface area contributed by atoms with E-state index < -0.39 is 0 Å².